The quantitative estimate of drug-likeness (QED) is 0.240. The van der Waals surface area contributed by atoms with Gasteiger partial charge >= 0.3 is 11.9 Å². The molecule has 1 unspecified atom stereocenters. The van der Waals surface area contributed by atoms with Crippen LogP contribution in [0.4, 0.5) is 0 Å². The molecule has 38 heavy (non-hydrogen) atoms. The van der Waals surface area contributed by atoms with Gasteiger partial charge in [0, 0.05) is 16.6 Å². The molecule has 0 radical (unpaired) electrons. The lowest BCUT2D eigenvalue weighted by molar-refractivity contribution is -0.157. The highest BCUT2D eigenvalue weighted by Gasteiger charge is 2.32. The van der Waals surface area contributed by atoms with E-state index in [-0.39, 0.29) is 17.2 Å². The van der Waals surface area contributed by atoms with Gasteiger partial charge in [0.05, 0.1) is 17.0 Å². The van der Waals surface area contributed by atoms with E-state index in [9.17, 15) is 14.4 Å². The van der Waals surface area contributed by atoms with Crippen LogP contribution in [0.5, 0.6) is 0 Å². The molecule has 6 nitrogen and oxygen atoms in total. The molecule has 4 aromatic rings. The van der Waals surface area contributed by atoms with Crippen molar-refractivity contribution in [2.24, 2.45) is 5.92 Å². The predicted molar refractivity (Wildman–Crippen MR) is 145 cm³/mol. The number of benzene rings is 3. The smallest absolute Gasteiger partial charge is 0.340 e. The molecule has 0 bridgehead atoms. The van der Waals surface area contributed by atoms with Gasteiger partial charge in [-0.1, -0.05) is 69.3 Å². The molecule has 0 spiro atoms. The lowest BCUT2D eigenvalue weighted by Gasteiger charge is -2.22. The normalized spacial score (nSPS) is 15.1. The number of carbonyl (C=O) groups excluding carboxylic acids is 3. The maximum Gasteiger partial charge on any atom is 0.340 e. The summed E-state index contributed by atoms with van der Waals surface area (Å²) >= 11 is 0. The Kier molecular flexibility index (Phi) is 6.89. The van der Waals surface area contributed by atoms with Gasteiger partial charge in [0.1, 0.15) is 0 Å². The van der Waals surface area contributed by atoms with Crippen LogP contribution in [0.15, 0.2) is 78.9 Å². The highest BCUT2D eigenvalue weighted by Crippen LogP contribution is 2.35. The number of carbonyl (C=O) groups is 3. The van der Waals surface area contributed by atoms with Gasteiger partial charge in [-0.3, -0.25) is 14.2 Å². The lowest BCUT2D eigenvalue weighted by atomic mass is 9.86. The number of hydrogen-bond donors (Lipinski definition) is 0. The van der Waals surface area contributed by atoms with E-state index in [0.717, 1.165) is 27.7 Å². The molecule has 0 fully saturated rings. The molecule has 1 atom stereocenters. The molecule has 0 aliphatic heterocycles. The fourth-order valence-electron chi connectivity index (χ4n) is 5.10. The zero-order chi connectivity index (χ0) is 26.9. The Labute approximate surface area is 222 Å². The SMILES string of the molecule is CC(C)(C)c1ccc(C(=O)OCOC(=O)C2CCc3c(c4ccccc4n3C(=O)c3ccccc3)C2)cc1. The average Bonchev–Trinajstić information content (AvgIpc) is 3.26. The third-order valence-corrected chi connectivity index (χ3v) is 7.20. The summed E-state index contributed by atoms with van der Waals surface area (Å²) in [6.45, 7) is 5.88. The van der Waals surface area contributed by atoms with Crippen molar-refractivity contribution in [3.05, 3.63) is 107 Å². The number of para-hydroxylation sites is 1. The van der Waals surface area contributed by atoms with Gasteiger partial charge in [-0.15, -0.1) is 0 Å². The number of hydrogen-bond acceptors (Lipinski definition) is 5. The van der Waals surface area contributed by atoms with E-state index in [1.807, 2.05) is 66.7 Å². The predicted octanol–water partition coefficient (Wildman–Crippen LogP) is 6.09. The van der Waals surface area contributed by atoms with Gasteiger partial charge in [0.2, 0.25) is 6.79 Å². The Morgan fingerprint density at radius 1 is 0.842 bits per heavy atom. The molecule has 1 aromatic heterocycles. The standard InChI is InChI=1S/C32H31NO5/c1-32(2,3)24-16-13-22(14-17-24)30(35)37-20-38-31(36)23-15-18-28-26(19-23)25-11-7-8-12-27(25)33(28)29(34)21-9-5-4-6-10-21/h4-14,16-17,23H,15,18-20H2,1-3H3. The summed E-state index contributed by atoms with van der Waals surface area (Å²) in [5, 5.41) is 0.967. The molecule has 1 aliphatic carbocycles. The monoisotopic (exact) mass is 509 g/mol. The Morgan fingerprint density at radius 2 is 1.53 bits per heavy atom. The summed E-state index contributed by atoms with van der Waals surface area (Å²) < 4.78 is 12.3. The van der Waals surface area contributed by atoms with Crippen molar-refractivity contribution in [3.8, 4) is 0 Å². The van der Waals surface area contributed by atoms with Crippen LogP contribution < -0.4 is 0 Å². The number of aromatic nitrogens is 1. The first kappa shape index (κ1) is 25.5. The van der Waals surface area contributed by atoms with Crippen LogP contribution in [0, 0.1) is 5.92 Å². The minimum atomic E-state index is -0.535. The number of rotatable bonds is 5. The second-order valence-electron chi connectivity index (χ2n) is 10.7. The van der Waals surface area contributed by atoms with Crippen molar-refractivity contribution >= 4 is 28.7 Å². The van der Waals surface area contributed by atoms with Crippen molar-refractivity contribution in [3.63, 3.8) is 0 Å². The number of esters is 2. The first-order valence-corrected chi connectivity index (χ1v) is 12.9. The molecule has 5 rings (SSSR count). The van der Waals surface area contributed by atoms with Gasteiger partial charge in [0.25, 0.3) is 5.91 Å². The third-order valence-electron chi connectivity index (χ3n) is 7.20. The van der Waals surface area contributed by atoms with E-state index in [0.29, 0.717) is 30.4 Å². The number of fused-ring (bicyclic) bond motifs is 3. The second kappa shape index (κ2) is 10.3. The van der Waals surface area contributed by atoms with Crippen LogP contribution in [0.1, 0.15) is 64.7 Å². The minimum Gasteiger partial charge on any atom is -0.428 e. The van der Waals surface area contributed by atoms with E-state index >= 15 is 0 Å². The average molecular weight is 510 g/mol. The molecule has 3 aromatic carbocycles. The van der Waals surface area contributed by atoms with Crippen molar-refractivity contribution in [2.75, 3.05) is 6.79 Å². The largest absolute Gasteiger partial charge is 0.428 e. The molecule has 1 heterocycles. The van der Waals surface area contributed by atoms with E-state index in [2.05, 4.69) is 20.8 Å². The van der Waals surface area contributed by atoms with Gasteiger partial charge in [0.15, 0.2) is 0 Å². The van der Waals surface area contributed by atoms with Crippen LogP contribution in [0.2, 0.25) is 0 Å². The first-order valence-electron chi connectivity index (χ1n) is 12.9. The lowest BCUT2D eigenvalue weighted by Crippen LogP contribution is -2.27. The second-order valence-corrected chi connectivity index (χ2v) is 10.7. The van der Waals surface area contributed by atoms with Crippen LogP contribution in [-0.4, -0.2) is 29.2 Å². The summed E-state index contributed by atoms with van der Waals surface area (Å²) in [6, 6.07) is 24.3. The third kappa shape index (κ3) is 4.99. The van der Waals surface area contributed by atoms with Gasteiger partial charge in [-0.25, -0.2) is 4.79 Å². The van der Waals surface area contributed by atoms with E-state index in [1.165, 1.54) is 0 Å². The number of ether oxygens (including phenoxy) is 2. The highest BCUT2D eigenvalue weighted by molar-refractivity contribution is 6.04. The first-order chi connectivity index (χ1) is 18.2. The summed E-state index contributed by atoms with van der Waals surface area (Å²) in [7, 11) is 0. The van der Waals surface area contributed by atoms with Crippen molar-refractivity contribution in [2.45, 2.75) is 45.4 Å². The topological polar surface area (TPSA) is 74.6 Å². The molecule has 0 amide bonds. The molecule has 0 saturated heterocycles. The van der Waals surface area contributed by atoms with Gasteiger partial charge in [-0.05, 0) is 66.1 Å². The molecule has 0 N–H and O–H groups in total. The van der Waals surface area contributed by atoms with Crippen molar-refractivity contribution in [1.29, 1.82) is 0 Å². The zero-order valence-electron chi connectivity index (χ0n) is 21.9. The van der Waals surface area contributed by atoms with E-state index in [4.69, 9.17) is 9.47 Å². The Bertz CT molecular complexity index is 1490. The molecular formula is C32H31NO5. The maximum absolute atomic E-state index is 13.4. The van der Waals surface area contributed by atoms with Crippen molar-refractivity contribution < 1.29 is 23.9 Å². The molecule has 0 saturated carbocycles. The Morgan fingerprint density at radius 3 is 2.24 bits per heavy atom. The van der Waals surface area contributed by atoms with Gasteiger partial charge < -0.3 is 9.47 Å². The fourth-order valence-corrected chi connectivity index (χ4v) is 5.10. The summed E-state index contributed by atoms with van der Waals surface area (Å²) in [6.07, 6.45) is 1.58. The van der Waals surface area contributed by atoms with Gasteiger partial charge in [-0.2, -0.15) is 0 Å². The molecule has 1 aliphatic rings. The summed E-state index contributed by atoms with van der Waals surface area (Å²) in [5.74, 6) is -1.39. The molecular weight excluding hydrogens is 478 g/mol. The van der Waals surface area contributed by atoms with Crippen LogP contribution in [0.25, 0.3) is 10.9 Å². The van der Waals surface area contributed by atoms with Crippen molar-refractivity contribution in [1.82, 2.24) is 4.57 Å². The number of nitrogens with zero attached hydrogens (tertiary/aromatic N) is 1. The maximum atomic E-state index is 13.4. The Hall–Kier alpha value is -4.19. The van der Waals surface area contributed by atoms with E-state index < -0.39 is 18.7 Å². The van der Waals surface area contributed by atoms with E-state index in [1.54, 1.807) is 16.7 Å². The van der Waals surface area contributed by atoms with Crippen LogP contribution in [-0.2, 0) is 32.5 Å². The zero-order valence-corrected chi connectivity index (χ0v) is 21.9. The van der Waals surface area contributed by atoms with Crippen LogP contribution >= 0.6 is 0 Å². The summed E-state index contributed by atoms with van der Waals surface area (Å²) in [5.41, 5.74) is 4.90. The molecule has 194 valence electrons. The minimum absolute atomic E-state index is 0.0149. The fraction of sp³-hybridized carbons (Fsp3) is 0.281. The van der Waals surface area contributed by atoms with Crippen LogP contribution in [0.3, 0.4) is 0 Å². The molecule has 6 heteroatoms. The highest BCUT2D eigenvalue weighted by atomic mass is 16.7. The summed E-state index contributed by atoms with van der Waals surface area (Å²) in [4.78, 5) is 38.7. The Balaban J connectivity index is 1.26.